The van der Waals surface area contributed by atoms with E-state index >= 15 is 0 Å². The highest BCUT2D eigenvalue weighted by atomic mass is 16.5. The van der Waals surface area contributed by atoms with Crippen molar-refractivity contribution in [2.75, 3.05) is 20.2 Å². The van der Waals surface area contributed by atoms with Crippen LogP contribution in [0.2, 0.25) is 0 Å². The number of aromatic nitrogens is 1. The summed E-state index contributed by atoms with van der Waals surface area (Å²) in [5.41, 5.74) is 3.42. The number of carbonyl (C=O) groups excluding carboxylic acids is 1. The number of hydrogen-bond donors (Lipinski definition) is 2. The monoisotopic (exact) mass is 351 g/mol. The number of piperidine rings is 1. The van der Waals surface area contributed by atoms with Crippen molar-refractivity contribution in [2.24, 2.45) is 0 Å². The number of pyridine rings is 1. The molecule has 0 unspecified atom stereocenters. The first-order valence-electron chi connectivity index (χ1n) is 9.26. The zero-order chi connectivity index (χ0) is 18.0. The minimum atomic E-state index is -0.113. The fraction of sp³-hybridized carbons (Fsp3) is 0.429. The average molecular weight is 351 g/mol. The van der Waals surface area contributed by atoms with Gasteiger partial charge in [-0.1, -0.05) is 30.3 Å². The van der Waals surface area contributed by atoms with Crippen molar-refractivity contribution in [3.05, 3.63) is 65.5 Å². The molecule has 1 saturated heterocycles. The lowest BCUT2D eigenvalue weighted by Crippen LogP contribution is -2.49. The van der Waals surface area contributed by atoms with Gasteiger partial charge in [0.2, 0.25) is 5.91 Å². The predicted molar refractivity (Wildman–Crippen MR) is 99.8 cm³/mol. The number of nitrogens with zero attached hydrogens (tertiary/aromatic N) is 1. The Kier molecular flexibility index (Phi) is 4.74. The number of nitrogens with one attached hydrogen (secondary N) is 2. The van der Waals surface area contributed by atoms with Gasteiger partial charge in [-0.25, -0.2) is 0 Å². The van der Waals surface area contributed by atoms with Crippen molar-refractivity contribution < 1.29 is 9.53 Å². The molecule has 5 nitrogen and oxygen atoms in total. The highest BCUT2D eigenvalue weighted by Crippen LogP contribution is 2.51. The van der Waals surface area contributed by atoms with Gasteiger partial charge in [-0.3, -0.25) is 9.78 Å². The fourth-order valence-electron chi connectivity index (χ4n) is 4.71. The molecular formula is C21H25N3O2. The van der Waals surface area contributed by atoms with Gasteiger partial charge in [0.25, 0.3) is 0 Å². The zero-order valence-electron chi connectivity index (χ0n) is 15.1. The topological polar surface area (TPSA) is 63.2 Å². The maximum absolute atomic E-state index is 12.7. The Morgan fingerprint density at radius 1 is 1.27 bits per heavy atom. The Labute approximate surface area is 154 Å². The van der Waals surface area contributed by atoms with Crippen LogP contribution in [-0.4, -0.2) is 37.2 Å². The number of amides is 1. The number of hydrogen-bond acceptors (Lipinski definition) is 4. The Morgan fingerprint density at radius 3 is 2.81 bits per heavy atom. The first kappa shape index (κ1) is 17.2. The summed E-state index contributed by atoms with van der Waals surface area (Å²) >= 11 is 0. The number of ether oxygens (including phenoxy) is 1. The van der Waals surface area contributed by atoms with E-state index in [9.17, 15) is 4.79 Å². The Hall–Kier alpha value is -2.24. The molecule has 136 valence electrons. The van der Waals surface area contributed by atoms with E-state index in [0.29, 0.717) is 6.42 Å². The highest BCUT2D eigenvalue weighted by Gasteiger charge is 2.53. The standard InChI is InChI=1S/C21H25N3O2/c1-26-20-19(24-18(25)13-15-5-4-10-23-14-15)16-6-2-3-7-17(16)21(20)8-11-22-12-9-21/h2-7,10,14,19-20,22H,8-9,11-13H2,1H3,(H,24,25)/t19-,20+/m1/s1. The Bertz CT molecular complexity index is 772. The van der Waals surface area contributed by atoms with E-state index in [1.54, 1.807) is 19.5 Å². The second-order valence-corrected chi connectivity index (χ2v) is 7.23. The van der Waals surface area contributed by atoms with E-state index in [4.69, 9.17) is 4.74 Å². The van der Waals surface area contributed by atoms with Gasteiger partial charge >= 0.3 is 0 Å². The molecule has 0 radical (unpaired) electrons. The van der Waals surface area contributed by atoms with Gasteiger partial charge in [0.15, 0.2) is 0 Å². The molecule has 2 aromatic rings. The molecule has 0 bridgehead atoms. The van der Waals surface area contributed by atoms with Crippen molar-refractivity contribution in [1.82, 2.24) is 15.6 Å². The van der Waals surface area contributed by atoms with Crippen molar-refractivity contribution in [1.29, 1.82) is 0 Å². The summed E-state index contributed by atoms with van der Waals surface area (Å²) in [6, 6.07) is 12.2. The lowest BCUT2D eigenvalue weighted by Gasteiger charge is -2.40. The van der Waals surface area contributed by atoms with Gasteiger partial charge < -0.3 is 15.4 Å². The van der Waals surface area contributed by atoms with Gasteiger partial charge in [0, 0.05) is 24.9 Å². The number of methoxy groups -OCH3 is 1. The molecule has 1 spiro atoms. The molecule has 2 heterocycles. The quantitative estimate of drug-likeness (QED) is 0.886. The molecule has 2 atom stereocenters. The molecule has 1 fully saturated rings. The predicted octanol–water partition coefficient (Wildman–Crippen LogP) is 2.13. The lowest BCUT2D eigenvalue weighted by atomic mass is 9.72. The molecule has 1 aromatic heterocycles. The third kappa shape index (κ3) is 2.91. The van der Waals surface area contributed by atoms with Crippen LogP contribution in [0.25, 0.3) is 0 Å². The minimum Gasteiger partial charge on any atom is -0.378 e. The largest absolute Gasteiger partial charge is 0.378 e. The first-order valence-corrected chi connectivity index (χ1v) is 9.26. The van der Waals surface area contributed by atoms with Crippen molar-refractivity contribution in [3.63, 3.8) is 0 Å². The van der Waals surface area contributed by atoms with Crippen LogP contribution >= 0.6 is 0 Å². The molecule has 1 aliphatic heterocycles. The minimum absolute atomic E-state index is 0.00541. The molecule has 1 amide bonds. The number of benzene rings is 1. The lowest BCUT2D eigenvalue weighted by molar-refractivity contribution is -0.122. The SMILES string of the molecule is CO[C@H]1[C@H](NC(=O)Cc2cccnc2)c2ccccc2C12CCNCC2. The average Bonchev–Trinajstić information content (AvgIpc) is 2.92. The van der Waals surface area contributed by atoms with Crippen LogP contribution in [0.5, 0.6) is 0 Å². The third-order valence-electron chi connectivity index (χ3n) is 5.83. The molecule has 1 aliphatic carbocycles. The molecule has 26 heavy (non-hydrogen) atoms. The van der Waals surface area contributed by atoms with Crippen molar-refractivity contribution >= 4 is 5.91 Å². The molecule has 5 heteroatoms. The van der Waals surface area contributed by atoms with E-state index in [1.165, 1.54) is 11.1 Å². The zero-order valence-corrected chi connectivity index (χ0v) is 15.1. The fourth-order valence-corrected chi connectivity index (χ4v) is 4.71. The third-order valence-corrected chi connectivity index (χ3v) is 5.83. The van der Waals surface area contributed by atoms with Crippen molar-refractivity contribution in [3.8, 4) is 0 Å². The van der Waals surface area contributed by atoms with Crippen LogP contribution in [0.15, 0.2) is 48.8 Å². The Balaban J connectivity index is 1.62. The summed E-state index contributed by atoms with van der Waals surface area (Å²) in [7, 11) is 1.76. The van der Waals surface area contributed by atoms with E-state index in [0.717, 1.165) is 31.5 Å². The van der Waals surface area contributed by atoms with Gasteiger partial charge in [0.05, 0.1) is 18.6 Å². The molecule has 0 saturated carbocycles. The summed E-state index contributed by atoms with van der Waals surface area (Å²) in [5.74, 6) is 0.00541. The van der Waals surface area contributed by atoms with Crippen LogP contribution in [0.4, 0.5) is 0 Å². The van der Waals surface area contributed by atoms with Gasteiger partial charge in [-0.2, -0.15) is 0 Å². The van der Waals surface area contributed by atoms with Crippen LogP contribution in [-0.2, 0) is 21.4 Å². The maximum atomic E-state index is 12.7. The second-order valence-electron chi connectivity index (χ2n) is 7.23. The van der Waals surface area contributed by atoms with Crippen LogP contribution in [0.3, 0.4) is 0 Å². The molecule has 2 N–H and O–H groups in total. The first-order chi connectivity index (χ1) is 12.7. The summed E-state index contributed by atoms with van der Waals surface area (Å²) in [6.45, 7) is 1.95. The van der Waals surface area contributed by atoms with Crippen LogP contribution in [0.1, 0.15) is 35.6 Å². The van der Waals surface area contributed by atoms with Crippen LogP contribution < -0.4 is 10.6 Å². The normalized spacial score (nSPS) is 23.6. The second kappa shape index (κ2) is 7.17. The molecule has 2 aliphatic rings. The highest BCUT2D eigenvalue weighted by molar-refractivity contribution is 5.79. The number of rotatable bonds is 4. The summed E-state index contributed by atoms with van der Waals surface area (Å²) in [5, 5.41) is 6.69. The summed E-state index contributed by atoms with van der Waals surface area (Å²) < 4.78 is 6.00. The number of carbonyl (C=O) groups is 1. The summed E-state index contributed by atoms with van der Waals surface area (Å²) in [4.78, 5) is 16.8. The molecule has 1 aromatic carbocycles. The van der Waals surface area contributed by atoms with E-state index in [1.807, 2.05) is 18.2 Å². The Morgan fingerprint density at radius 2 is 2.08 bits per heavy atom. The number of fused-ring (bicyclic) bond motifs is 2. The van der Waals surface area contributed by atoms with Gasteiger partial charge in [0.1, 0.15) is 0 Å². The summed E-state index contributed by atoms with van der Waals surface area (Å²) in [6.07, 6.45) is 5.80. The van der Waals surface area contributed by atoms with Crippen LogP contribution in [0, 0.1) is 0 Å². The van der Waals surface area contributed by atoms with E-state index in [2.05, 4.69) is 33.8 Å². The van der Waals surface area contributed by atoms with E-state index < -0.39 is 0 Å². The molecular weight excluding hydrogens is 326 g/mol. The van der Waals surface area contributed by atoms with Crippen molar-refractivity contribution in [2.45, 2.75) is 36.8 Å². The maximum Gasteiger partial charge on any atom is 0.225 e. The molecule has 4 rings (SSSR count). The smallest absolute Gasteiger partial charge is 0.225 e. The van der Waals surface area contributed by atoms with E-state index in [-0.39, 0.29) is 23.5 Å². The van der Waals surface area contributed by atoms with Gasteiger partial charge in [-0.05, 0) is 48.7 Å². The van der Waals surface area contributed by atoms with Gasteiger partial charge in [-0.15, -0.1) is 0 Å².